The van der Waals surface area contributed by atoms with E-state index in [1.54, 1.807) is 6.20 Å². The van der Waals surface area contributed by atoms with Gasteiger partial charge in [-0.15, -0.1) is 10.2 Å². The third-order valence-corrected chi connectivity index (χ3v) is 7.20. The van der Waals surface area contributed by atoms with Crippen LogP contribution in [0.3, 0.4) is 0 Å². The number of hydrogen-bond acceptors (Lipinski definition) is 6. The second-order valence-corrected chi connectivity index (χ2v) is 10.7. The number of aliphatic hydroxyl groups excluding tert-OH is 1. The van der Waals surface area contributed by atoms with Crippen LogP contribution in [0.25, 0.3) is 5.57 Å². The number of nitrogens with one attached hydrogen (secondary N) is 1. The number of hydrogen-bond donors (Lipinski definition) is 2. The predicted octanol–water partition coefficient (Wildman–Crippen LogP) is 6.57. The number of aromatic nitrogens is 3. The number of aryl methyl sites for hydroxylation is 2. The van der Waals surface area contributed by atoms with Gasteiger partial charge in [0.25, 0.3) is 5.91 Å². The first-order valence-electron chi connectivity index (χ1n) is 12.3. The molecule has 0 aliphatic heterocycles. The van der Waals surface area contributed by atoms with Gasteiger partial charge in [-0.2, -0.15) is 0 Å². The van der Waals surface area contributed by atoms with E-state index in [1.807, 2.05) is 45.1 Å². The van der Waals surface area contributed by atoms with E-state index in [0.717, 1.165) is 72.2 Å². The smallest absolute Gasteiger partial charge is 0.258 e. The van der Waals surface area contributed by atoms with Gasteiger partial charge in [-0.25, -0.2) is 4.98 Å². The molecule has 1 aliphatic carbocycles. The third kappa shape index (κ3) is 7.56. The molecule has 3 rings (SSSR count). The van der Waals surface area contributed by atoms with Crippen LogP contribution in [-0.2, 0) is 17.6 Å². The summed E-state index contributed by atoms with van der Waals surface area (Å²) >= 11 is 7.66. The fraction of sp³-hybridized carbons (Fsp3) is 0.481. The molecule has 6 nitrogen and oxygen atoms in total. The molecular weight excluding hydrogens is 480 g/mol. The normalized spacial score (nSPS) is 18.6. The maximum atomic E-state index is 13.5. The van der Waals surface area contributed by atoms with Gasteiger partial charge in [0.15, 0.2) is 0 Å². The molecule has 2 atom stereocenters. The van der Waals surface area contributed by atoms with Crippen molar-refractivity contribution >= 4 is 39.5 Å². The summed E-state index contributed by atoms with van der Waals surface area (Å²) in [5.74, 6) is 0.0807. The average Bonchev–Trinajstić information content (AvgIpc) is 3.44. The van der Waals surface area contributed by atoms with Crippen molar-refractivity contribution in [1.29, 1.82) is 0 Å². The van der Waals surface area contributed by atoms with E-state index >= 15 is 0 Å². The molecular formula is C27H35ClN4O2S. The summed E-state index contributed by atoms with van der Waals surface area (Å²) in [6, 6.07) is 1.83. The first-order valence-corrected chi connectivity index (χ1v) is 13.5. The molecule has 0 aromatic carbocycles. The van der Waals surface area contributed by atoms with Crippen molar-refractivity contribution in [2.75, 3.05) is 5.32 Å². The number of allylic oxidation sites excluding steroid dienone is 4. The Morgan fingerprint density at radius 2 is 2.09 bits per heavy atom. The van der Waals surface area contributed by atoms with E-state index in [1.165, 1.54) is 11.3 Å². The van der Waals surface area contributed by atoms with Crippen LogP contribution >= 0.6 is 22.9 Å². The van der Waals surface area contributed by atoms with Crippen LogP contribution in [0.4, 0.5) is 5.13 Å². The SMILES string of the molecule is C/C=C\C(C(=O)Nc1nnc(CCC2CCCC2O)s1)=C(/C=C(C)C)c1cc(Cl)ncc1CCC. The molecule has 2 N–H and O–H groups in total. The van der Waals surface area contributed by atoms with Gasteiger partial charge in [0.05, 0.1) is 6.10 Å². The molecule has 1 saturated carbocycles. The van der Waals surface area contributed by atoms with Crippen LogP contribution in [0.1, 0.15) is 75.9 Å². The molecule has 2 unspecified atom stereocenters. The van der Waals surface area contributed by atoms with Crippen molar-refractivity contribution in [3.05, 3.63) is 62.9 Å². The molecule has 8 heteroatoms. The zero-order valence-electron chi connectivity index (χ0n) is 21.0. The van der Waals surface area contributed by atoms with Crippen molar-refractivity contribution in [3.63, 3.8) is 0 Å². The number of halogens is 1. The van der Waals surface area contributed by atoms with Gasteiger partial charge in [-0.05, 0) is 75.1 Å². The second-order valence-electron chi connectivity index (χ2n) is 9.22. The van der Waals surface area contributed by atoms with Crippen molar-refractivity contribution in [1.82, 2.24) is 15.2 Å². The topological polar surface area (TPSA) is 88.0 Å². The van der Waals surface area contributed by atoms with Crippen LogP contribution in [0.2, 0.25) is 5.15 Å². The van der Waals surface area contributed by atoms with E-state index in [-0.39, 0.29) is 12.0 Å². The number of nitrogens with zero attached hydrogens (tertiary/aromatic N) is 3. The highest BCUT2D eigenvalue weighted by atomic mass is 35.5. The van der Waals surface area contributed by atoms with Gasteiger partial charge in [0.2, 0.25) is 5.13 Å². The van der Waals surface area contributed by atoms with Crippen molar-refractivity contribution < 1.29 is 9.90 Å². The Bertz CT molecular complexity index is 1120. The van der Waals surface area contributed by atoms with E-state index in [2.05, 4.69) is 27.4 Å². The minimum Gasteiger partial charge on any atom is -0.393 e. The molecule has 188 valence electrons. The molecule has 1 amide bonds. The van der Waals surface area contributed by atoms with Gasteiger partial charge in [-0.3, -0.25) is 10.1 Å². The van der Waals surface area contributed by atoms with Gasteiger partial charge < -0.3 is 5.11 Å². The minimum atomic E-state index is -0.250. The molecule has 1 aliphatic rings. The number of amides is 1. The molecule has 0 bridgehead atoms. The predicted molar refractivity (Wildman–Crippen MR) is 145 cm³/mol. The van der Waals surface area contributed by atoms with Crippen molar-refractivity contribution in [2.45, 2.75) is 78.7 Å². The van der Waals surface area contributed by atoms with Crippen molar-refractivity contribution in [3.8, 4) is 0 Å². The van der Waals surface area contributed by atoms with Crippen LogP contribution in [0, 0.1) is 5.92 Å². The lowest BCUT2D eigenvalue weighted by Crippen LogP contribution is -2.15. The first-order chi connectivity index (χ1) is 16.8. The Morgan fingerprint density at radius 3 is 2.74 bits per heavy atom. The number of aliphatic hydroxyl groups is 1. The molecule has 0 spiro atoms. The van der Waals surface area contributed by atoms with E-state index in [9.17, 15) is 9.90 Å². The summed E-state index contributed by atoms with van der Waals surface area (Å²) in [6.07, 6.45) is 13.7. The summed E-state index contributed by atoms with van der Waals surface area (Å²) in [7, 11) is 0. The first kappa shape index (κ1) is 27.2. The zero-order chi connectivity index (χ0) is 25.4. The molecule has 1 fully saturated rings. The summed E-state index contributed by atoms with van der Waals surface area (Å²) < 4.78 is 0. The van der Waals surface area contributed by atoms with Crippen molar-refractivity contribution in [2.24, 2.45) is 5.92 Å². The fourth-order valence-electron chi connectivity index (χ4n) is 4.45. The van der Waals surface area contributed by atoms with Gasteiger partial charge >= 0.3 is 0 Å². The van der Waals surface area contributed by atoms with Crippen LogP contribution < -0.4 is 5.32 Å². The quantitative estimate of drug-likeness (QED) is 0.213. The number of carbonyl (C=O) groups excluding carboxylic acids is 1. The maximum Gasteiger partial charge on any atom is 0.258 e. The monoisotopic (exact) mass is 514 g/mol. The molecule has 2 heterocycles. The molecule has 0 saturated heterocycles. The van der Waals surface area contributed by atoms with Gasteiger partial charge in [0, 0.05) is 18.2 Å². The molecule has 35 heavy (non-hydrogen) atoms. The number of anilines is 1. The zero-order valence-corrected chi connectivity index (χ0v) is 22.5. The summed E-state index contributed by atoms with van der Waals surface area (Å²) in [4.78, 5) is 17.7. The Balaban J connectivity index is 1.89. The highest BCUT2D eigenvalue weighted by molar-refractivity contribution is 7.15. The van der Waals surface area contributed by atoms with E-state index < -0.39 is 0 Å². The Labute approximate surface area is 217 Å². The second kappa shape index (κ2) is 13.1. The van der Waals surface area contributed by atoms with E-state index in [4.69, 9.17) is 11.6 Å². The summed E-state index contributed by atoms with van der Waals surface area (Å²) in [6.45, 7) is 8.01. The highest BCUT2D eigenvalue weighted by Gasteiger charge is 2.25. The third-order valence-electron chi connectivity index (χ3n) is 6.10. The van der Waals surface area contributed by atoms with Crippen LogP contribution in [0.15, 0.2) is 41.6 Å². The Hall–Kier alpha value is -2.35. The van der Waals surface area contributed by atoms with Crippen LogP contribution in [0.5, 0.6) is 0 Å². The number of rotatable bonds is 10. The lowest BCUT2D eigenvalue weighted by molar-refractivity contribution is -0.112. The standard InChI is InChI=1S/C27H35ClN4O2S/c1-5-8-19-16-29-24(28)15-21(19)22(14-17(3)4)20(9-6-2)26(34)30-27-32-31-25(35-27)13-12-18-10-7-11-23(18)33/h6,9,14-16,18,23,33H,5,7-8,10-13H2,1-4H3,(H,30,32,34)/b9-6-,22-20-. The largest absolute Gasteiger partial charge is 0.393 e. The molecule has 2 aromatic heterocycles. The lowest BCUT2D eigenvalue weighted by Gasteiger charge is -2.15. The average molecular weight is 515 g/mol. The van der Waals surface area contributed by atoms with E-state index in [0.29, 0.717) is 21.8 Å². The summed E-state index contributed by atoms with van der Waals surface area (Å²) in [5, 5.41) is 23.2. The number of pyridine rings is 1. The Morgan fingerprint density at radius 1 is 1.29 bits per heavy atom. The molecule has 2 aromatic rings. The molecule has 0 radical (unpaired) electrons. The van der Waals surface area contributed by atoms with Gasteiger partial charge in [-0.1, -0.05) is 66.5 Å². The lowest BCUT2D eigenvalue weighted by atomic mass is 9.92. The van der Waals surface area contributed by atoms with Gasteiger partial charge in [0.1, 0.15) is 10.2 Å². The number of carbonyl (C=O) groups is 1. The summed E-state index contributed by atoms with van der Waals surface area (Å²) in [5.41, 5.74) is 4.35. The highest BCUT2D eigenvalue weighted by Crippen LogP contribution is 2.31. The minimum absolute atomic E-state index is 0.205. The van der Waals surface area contributed by atoms with Crippen LogP contribution in [-0.4, -0.2) is 32.3 Å². The fourth-order valence-corrected chi connectivity index (χ4v) is 5.36. The maximum absolute atomic E-state index is 13.5. The Kier molecular flexibility index (Phi) is 10.2.